The topological polar surface area (TPSA) is 49.7 Å². The van der Waals surface area contributed by atoms with Crippen LogP contribution in [0.5, 0.6) is 5.75 Å². The third-order valence-electron chi connectivity index (χ3n) is 2.03. The van der Waals surface area contributed by atoms with E-state index >= 15 is 0 Å². The Labute approximate surface area is 95.6 Å². The third kappa shape index (κ3) is 3.16. The summed E-state index contributed by atoms with van der Waals surface area (Å²) < 4.78 is 5.50. The van der Waals surface area contributed by atoms with Crippen molar-refractivity contribution in [3.8, 4) is 5.75 Å². The van der Waals surface area contributed by atoms with Crippen LogP contribution >= 0.6 is 12.6 Å². The zero-order valence-corrected chi connectivity index (χ0v) is 9.58. The van der Waals surface area contributed by atoms with Gasteiger partial charge in [0.2, 0.25) is 0 Å². The molecule has 5 heteroatoms. The first-order valence-corrected chi connectivity index (χ1v) is 5.55. The van der Waals surface area contributed by atoms with Gasteiger partial charge in [-0.2, -0.15) is 12.6 Å². The fourth-order valence-corrected chi connectivity index (χ4v) is 1.56. The Bertz CT molecular complexity index is 318. The standard InChI is InChI=1S/C10H15BO3S/c1-2-6-14-10-8(7-15)4-3-5-9(10)11(12)13/h3-5,12-13,15H,2,6-7H2,1H3. The highest BCUT2D eigenvalue weighted by Crippen LogP contribution is 2.18. The Morgan fingerprint density at radius 2 is 2.13 bits per heavy atom. The normalized spacial score (nSPS) is 10.1. The minimum absolute atomic E-state index is 0.398. The number of benzene rings is 1. The van der Waals surface area contributed by atoms with E-state index in [0.717, 1.165) is 12.0 Å². The molecule has 15 heavy (non-hydrogen) atoms. The molecule has 0 amide bonds. The van der Waals surface area contributed by atoms with Gasteiger partial charge in [-0.1, -0.05) is 25.1 Å². The Hall–Kier alpha value is -0.645. The molecule has 0 aliphatic rings. The summed E-state index contributed by atoms with van der Waals surface area (Å²) >= 11 is 4.17. The Morgan fingerprint density at radius 1 is 1.40 bits per heavy atom. The molecule has 0 atom stereocenters. The van der Waals surface area contributed by atoms with E-state index in [2.05, 4.69) is 12.6 Å². The van der Waals surface area contributed by atoms with Crippen LogP contribution in [0, 0.1) is 0 Å². The SMILES string of the molecule is CCCOc1c(CS)cccc1B(O)O. The number of hydrogen-bond donors (Lipinski definition) is 3. The highest BCUT2D eigenvalue weighted by Gasteiger charge is 2.19. The van der Waals surface area contributed by atoms with Crippen LogP contribution in [0.15, 0.2) is 18.2 Å². The minimum Gasteiger partial charge on any atom is -0.494 e. The van der Waals surface area contributed by atoms with Gasteiger partial charge in [0.05, 0.1) is 6.61 Å². The summed E-state index contributed by atoms with van der Waals surface area (Å²) in [6.45, 7) is 2.56. The Kier molecular flexibility index (Phi) is 5.01. The molecule has 3 nitrogen and oxygen atoms in total. The highest BCUT2D eigenvalue weighted by molar-refractivity contribution is 7.79. The predicted octanol–water partition coefficient (Wildman–Crippen LogP) is 0.585. The van der Waals surface area contributed by atoms with Crippen LogP contribution in [0.3, 0.4) is 0 Å². The van der Waals surface area contributed by atoms with Crippen LogP contribution in [-0.2, 0) is 5.75 Å². The molecule has 0 aliphatic heterocycles. The van der Waals surface area contributed by atoms with Gasteiger partial charge in [0.25, 0.3) is 0 Å². The maximum atomic E-state index is 9.17. The zero-order chi connectivity index (χ0) is 11.3. The maximum Gasteiger partial charge on any atom is 0.492 e. The first-order chi connectivity index (χ1) is 7.20. The van der Waals surface area contributed by atoms with Gasteiger partial charge in [0.15, 0.2) is 0 Å². The van der Waals surface area contributed by atoms with Crippen molar-refractivity contribution in [3.05, 3.63) is 23.8 Å². The van der Waals surface area contributed by atoms with Gasteiger partial charge in [-0.25, -0.2) is 0 Å². The fourth-order valence-electron chi connectivity index (χ4n) is 1.31. The molecular formula is C10H15BO3S. The summed E-state index contributed by atoms with van der Waals surface area (Å²) in [7, 11) is -1.50. The second-order valence-corrected chi connectivity index (χ2v) is 3.53. The summed E-state index contributed by atoms with van der Waals surface area (Å²) in [4.78, 5) is 0. The summed E-state index contributed by atoms with van der Waals surface area (Å²) in [5.41, 5.74) is 1.27. The molecule has 0 unspecified atom stereocenters. The third-order valence-corrected chi connectivity index (χ3v) is 2.37. The summed E-state index contributed by atoms with van der Waals surface area (Å²) in [6, 6.07) is 5.27. The van der Waals surface area contributed by atoms with Gasteiger partial charge in [-0.05, 0) is 6.42 Å². The van der Waals surface area contributed by atoms with Crippen molar-refractivity contribution >= 4 is 25.2 Å². The van der Waals surface area contributed by atoms with Crippen molar-refractivity contribution in [1.29, 1.82) is 0 Å². The lowest BCUT2D eigenvalue weighted by Crippen LogP contribution is -2.32. The molecule has 1 aromatic rings. The number of rotatable bonds is 5. The van der Waals surface area contributed by atoms with Crippen LogP contribution in [0.25, 0.3) is 0 Å². The summed E-state index contributed by atoms with van der Waals surface area (Å²) in [5.74, 6) is 1.06. The van der Waals surface area contributed by atoms with Crippen molar-refractivity contribution < 1.29 is 14.8 Å². The lowest BCUT2D eigenvalue weighted by molar-refractivity contribution is 0.315. The molecule has 1 aromatic carbocycles. The molecule has 1 rings (SSSR count). The quantitative estimate of drug-likeness (QED) is 0.508. The van der Waals surface area contributed by atoms with E-state index < -0.39 is 7.12 Å². The van der Waals surface area contributed by atoms with E-state index in [9.17, 15) is 10.0 Å². The first-order valence-electron chi connectivity index (χ1n) is 4.92. The van der Waals surface area contributed by atoms with Crippen LogP contribution in [0.1, 0.15) is 18.9 Å². The summed E-state index contributed by atoms with van der Waals surface area (Å²) in [6.07, 6.45) is 0.877. The van der Waals surface area contributed by atoms with Crippen LogP contribution in [-0.4, -0.2) is 23.8 Å². The van der Waals surface area contributed by atoms with E-state index in [1.165, 1.54) is 0 Å². The van der Waals surface area contributed by atoms with Gasteiger partial charge < -0.3 is 14.8 Å². The molecule has 0 heterocycles. The van der Waals surface area contributed by atoms with Crippen LogP contribution in [0.2, 0.25) is 0 Å². The van der Waals surface area contributed by atoms with Gasteiger partial charge in [-0.15, -0.1) is 0 Å². The number of para-hydroxylation sites is 1. The Morgan fingerprint density at radius 3 is 2.67 bits per heavy atom. The smallest absolute Gasteiger partial charge is 0.492 e. The number of thiol groups is 1. The average Bonchev–Trinajstić information content (AvgIpc) is 2.25. The second-order valence-electron chi connectivity index (χ2n) is 3.22. The van der Waals surface area contributed by atoms with Crippen molar-refractivity contribution in [2.24, 2.45) is 0 Å². The molecule has 0 saturated heterocycles. The van der Waals surface area contributed by atoms with Crippen LogP contribution < -0.4 is 10.2 Å². The van der Waals surface area contributed by atoms with Crippen LogP contribution in [0.4, 0.5) is 0 Å². The molecule has 0 saturated carbocycles. The molecule has 0 aromatic heterocycles. The second kappa shape index (κ2) is 6.05. The lowest BCUT2D eigenvalue weighted by atomic mass is 9.78. The maximum absolute atomic E-state index is 9.17. The zero-order valence-electron chi connectivity index (χ0n) is 8.68. The lowest BCUT2D eigenvalue weighted by Gasteiger charge is -2.14. The van der Waals surface area contributed by atoms with E-state index in [4.69, 9.17) is 4.74 Å². The molecule has 82 valence electrons. The molecule has 2 N–H and O–H groups in total. The van der Waals surface area contributed by atoms with Crippen molar-refractivity contribution in [3.63, 3.8) is 0 Å². The molecular weight excluding hydrogens is 211 g/mol. The minimum atomic E-state index is -1.50. The van der Waals surface area contributed by atoms with Crippen molar-refractivity contribution in [1.82, 2.24) is 0 Å². The molecule has 0 fully saturated rings. The number of hydrogen-bond acceptors (Lipinski definition) is 4. The molecule has 0 aliphatic carbocycles. The monoisotopic (exact) mass is 226 g/mol. The Balaban J connectivity index is 3.03. The van der Waals surface area contributed by atoms with Crippen molar-refractivity contribution in [2.75, 3.05) is 6.61 Å². The van der Waals surface area contributed by atoms with E-state index in [-0.39, 0.29) is 0 Å². The predicted molar refractivity (Wildman–Crippen MR) is 64.7 cm³/mol. The van der Waals surface area contributed by atoms with Gasteiger partial charge >= 0.3 is 7.12 Å². The van der Waals surface area contributed by atoms with E-state index in [0.29, 0.717) is 23.6 Å². The number of ether oxygens (including phenoxy) is 1. The largest absolute Gasteiger partial charge is 0.494 e. The average molecular weight is 226 g/mol. The van der Waals surface area contributed by atoms with E-state index in [1.807, 2.05) is 13.0 Å². The van der Waals surface area contributed by atoms with Gasteiger partial charge in [0.1, 0.15) is 5.75 Å². The summed E-state index contributed by atoms with van der Waals surface area (Å²) in [5, 5.41) is 18.3. The fraction of sp³-hybridized carbons (Fsp3) is 0.400. The van der Waals surface area contributed by atoms with Crippen molar-refractivity contribution in [2.45, 2.75) is 19.1 Å². The highest BCUT2D eigenvalue weighted by atomic mass is 32.1. The molecule has 0 bridgehead atoms. The van der Waals surface area contributed by atoms with Gasteiger partial charge in [0, 0.05) is 16.8 Å². The molecule has 0 radical (unpaired) electrons. The molecule has 0 spiro atoms. The first kappa shape index (κ1) is 12.4. The van der Waals surface area contributed by atoms with E-state index in [1.54, 1.807) is 12.1 Å². The van der Waals surface area contributed by atoms with Gasteiger partial charge in [-0.3, -0.25) is 0 Å².